The Morgan fingerprint density at radius 2 is 1.33 bits per heavy atom. The van der Waals surface area contributed by atoms with Gasteiger partial charge in [-0.15, -0.1) is 0 Å². The maximum atomic E-state index is 12.7. The van der Waals surface area contributed by atoms with Gasteiger partial charge in [0.2, 0.25) is 16.1 Å². The predicted octanol–water partition coefficient (Wildman–Crippen LogP) is 3.60. The number of thioether (sulfide) groups is 2. The number of carboxylic acids is 1. The highest BCUT2D eigenvalue weighted by Gasteiger charge is 2.32. The summed E-state index contributed by atoms with van der Waals surface area (Å²) in [6.45, 7) is 1.56. The van der Waals surface area contributed by atoms with E-state index >= 15 is 0 Å². The number of carbonyl (C=O) groups is 4. The van der Waals surface area contributed by atoms with Gasteiger partial charge in [0.1, 0.15) is 6.04 Å². The minimum atomic E-state index is -1.21. The molecule has 0 saturated carbocycles. The third kappa shape index (κ3) is 6.93. The van der Waals surface area contributed by atoms with Crippen LogP contribution in [0.4, 0.5) is 0 Å². The second-order valence-corrected chi connectivity index (χ2v) is 9.17. The van der Waals surface area contributed by atoms with E-state index < -0.39 is 28.4 Å². The topological polar surface area (TPSA) is 101 Å². The third-order valence-electron chi connectivity index (χ3n) is 4.08. The first-order valence-corrected chi connectivity index (χ1v) is 11.4. The van der Waals surface area contributed by atoms with Gasteiger partial charge < -0.3 is 10.4 Å². The van der Waals surface area contributed by atoms with Crippen LogP contribution >= 0.6 is 36.2 Å². The first-order chi connectivity index (χ1) is 14.3. The first kappa shape index (κ1) is 24.0. The Balaban J connectivity index is 2.20. The maximum Gasteiger partial charge on any atom is 0.327 e. The quantitative estimate of drug-likeness (QED) is 0.386. The molecule has 2 N–H and O–H groups in total. The number of nitrogens with one attached hydrogen (secondary N) is 1. The van der Waals surface area contributed by atoms with Crippen LogP contribution in [0.2, 0.25) is 0 Å². The molecule has 0 spiro atoms. The summed E-state index contributed by atoms with van der Waals surface area (Å²) in [5.41, 5.74) is 0.901. The smallest absolute Gasteiger partial charge is 0.327 e. The highest BCUT2D eigenvalue weighted by molar-refractivity contribution is 8.30. The van der Waals surface area contributed by atoms with Crippen molar-refractivity contribution in [1.82, 2.24) is 5.32 Å². The summed E-state index contributed by atoms with van der Waals surface area (Å²) in [5, 5.41) is 11.0. The summed E-state index contributed by atoms with van der Waals surface area (Å²) < 4.78 is -0.750. The lowest BCUT2D eigenvalue weighted by Crippen LogP contribution is -2.46. The molecule has 0 bridgehead atoms. The van der Waals surface area contributed by atoms with Crippen molar-refractivity contribution in [3.05, 3.63) is 71.8 Å². The van der Waals surface area contributed by atoms with Crippen molar-refractivity contribution in [3.63, 3.8) is 0 Å². The number of amides is 1. The zero-order valence-corrected chi connectivity index (χ0v) is 18.6. The lowest BCUT2D eigenvalue weighted by molar-refractivity contribution is -0.141. The van der Waals surface area contributed by atoms with Gasteiger partial charge in [0, 0.05) is 16.9 Å². The summed E-state index contributed by atoms with van der Waals surface area (Å²) in [4.78, 5) is 49.2. The van der Waals surface area contributed by atoms with Crippen molar-refractivity contribution < 1.29 is 24.3 Å². The highest BCUT2D eigenvalue weighted by Crippen LogP contribution is 2.35. The molecule has 0 fully saturated rings. The van der Waals surface area contributed by atoms with E-state index in [-0.39, 0.29) is 16.0 Å². The summed E-state index contributed by atoms with van der Waals surface area (Å²) in [5.74, 6) is -2.67. The minimum Gasteiger partial charge on any atom is -0.480 e. The summed E-state index contributed by atoms with van der Waals surface area (Å²) in [7, 11) is 0. The Labute approximate surface area is 188 Å². The summed E-state index contributed by atoms with van der Waals surface area (Å²) in [6, 6.07) is 15.9. The van der Waals surface area contributed by atoms with E-state index in [1.54, 1.807) is 67.6 Å². The Bertz CT molecular complexity index is 839. The van der Waals surface area contributed by atoms with Crippen molar-refractivity contribution >= 4 is 58.3 Å². The van der Waals surface area contributed by atoms with Crippen LogP contribution in [0.25, 0.3) is 0 Å². The van der Waals surface area contributed by atoms with Crippen LogP contribution in [-0.4, -0.2) is 43.6 Å². The van der Waals surface area contributed by atoms with Crippen molar-refractivity contribution in [2.75, 3.05) is 5.75 Å². The Morgan fingerprint density at radius 1 is 0.900 bits per heavy atom. The van der Waals surface area contributed by atoms with Crippen LogP contribution in [0.5, 0.6) is 0 Å². The molecule has 2 rings (SSSR count). The maximum absolute atomic E-state index is 12.7. The molecule has 30 heavy (non-hydrogen) atoms. The van der Waals surface area contributed by atoms with Crippen LogP contribution in [0.15, 0.2) is 60.7 Å². The Kier molecular flexibility index (Phi) is 9.48. The monoisotopic (exact) mass is 463 g/mol. The van der Waals surface area contributed by atoms with Crippen molar-refractivity contribution in [3.8, 4) is 0 Å². The molecule has 0 aliphatic heterocycles. The Morgan fingerprint density at radius 3 is 1.70 bits per heavy atom. The van der Waals surface area contributed by atoms with Gasteiger partial charge in [-0.2, -0.15) is 12.6 Å². The second kappa shape index (κ2) is 11.8. The normalized spacial score (nSPS) is 12.8. The van der Waals surface area contributed by atoms with E-state index in [4.69, 9.17) is 5.11 Å². The zero-order chi connectivity index (χ0) is 22.1. The number of hydrogen-bond donors (Lipinski definition) is 3. The van der Waals surface area contributed by atoms with Gasteiger partial charge in [0.05, 0.1) is 10.5 Å². The number of rotatable bonds is 9. The first-order valence-electron chi connectivity index (χ1n) is 8.99. The molecule has 0 heterocycles. The van der Waals surface area contributed by atoms with Crippen molar-refractivity contribution in [2.45, 2.75) is 17.5 Å². The number of benzene rings is 2. The number of hydrogen-bond acceptors (Lipinski definition) is 7. The van der Waals surface area contributed by atoms with E-state index in [0.717, 1.165) is 23.5 Å². The minimum absolute atomic E-state index is 0.0787. The van der Waals surface area contributed by atoms with E-state index in [2.05, 4.69) is 17.9 Å². The standard InChI is InChI=1S/C21H21NO5S3/c1-13(17(23)22-16(12-28)18(24)25)21(29-19(26)14-8-4-2-5-9-14)30-20(27)15-10-6-3-7-11-15/h2-11,13,16,21,28H,12H2,1H3,(H,22,23)(H,24,25)/t13?,16-/m0/s1. The molecule has 2 atom stereocenters. The average Bonchev–Trinajstić information content (AvgIpc) is 2.77. The fraction of sp³-hybridized carbons (Fsp3) is 0.238. The number of thiol groups is 1. The molecule has 0 saturated heterocycles. The van der Waals surface area contributed by atoms with Gasteiger partial charge in [-0.25, -0.2) is 4.79 Å². The molecule has 0 radical (unpaired) electrons. The fourth-order valence-corrected chi connectivity index (χ4v) is 4.92. The highest BCUT2D eigenvalue weighted by atomic mass is 32.2. The van der Waals surface area contributed by atoms with E-state index in [9.17, 15) is 19.2 Å². The zero-order valence-electron chi connectivity index (χ0n) is 16.1. The number of carbonyl (C=O) groups excluding carboxylic acids is 3. The molecular weight excluding hydrogens is 442 g/mol. The second-order valence-electron chi connectivity index (χ2n) is 6.28. The predicted molar refractivity (Wildman–Crippen MR) is 123 cm³/mol. The van der Waals surface area contributed by atoms with Crippen LogP contribution in [0.1, 0.15) is 27.6 Å². The molecule has 9 heteroatoms. The van der Waals surface area contributed by atoms with Gasteiger partial charge in [0.25, 0.3) is 0 Å². The average molecular weight is 464 g/mol. The van der Waals surface area contributed by atoms with Gasteiger partial charge in [-0.3, -0.25) is 14.4 Å². The third-order valence-corrected chi connectivity index (χ3v) is 7.21. The van der Waals surface area contributed by atoms with E-state index in [0.29, 0.717) is 11.1 Å². The number of aliphatic carboxylic acids is 1. The molecule has 0 aliphatic rings. The van der Waals surface area contributed by atoms with E-state index in [1.165, 1.54) is 0 Å². The van der Waals surface area contributed by atoms with Crippen LogP contribution < -0.4 is 5.32 Å². The van der Waals surface area contributed by atoms with E-state index in [1.807, 2.05) is 0 Å². The Hall–Kier alpha value is -2.23. The number of carboxylic acid groups (broad SMARTS) is 1. The lowest BCUT2D eigenvalue weighted by Gasteiger charge is -2.23. The fourth-order valence-electron chi connectivity index (χ4n) is 2.34. The molecular formula is C21H21NO5S3. The molecule has 1 unspecified atom stereocenters. The largest absolute Gasteiger partial charge is 0.480 e. The molecule has 6 nitrogen and oxygen atoms in total. The SMILES string of the molecule is CC(C(=O)N[C@@H](CS)C(=O)O)C(SC(=O)c1ccccc1)SC(=O)c1ccccc1. The lowest BCUT2D eigenvalue weighted by atomic mass is 10.2. The van der Waals surface area contributed by atoms with Crippen molar-refractivity contribution in [2.24, 2.45) is 5.92 Å². The van der Waals surface area contributed by atoms with Crippen LogP contribution in [0.3, 0.4) is 0 Å². The van der Waals surface area contributed by atoms with Crippen LogP contribution in [0, 0.1) is 5.92 Å². The molecule has 2 aromatic rings. The summed E-state index contributed by atoms with van der Waals surface area (Å²) in [6.07, 6.45) is 0. The molecule has 0 aromatic heterocycles. The van der Waals surface area contributed by atoms with Crippen molar-refractivity contribution in [1.29, 1.82) is 0 Å². The van der Waals surface area contributed by atoms with Gasteiger partial charge in [-0.1, -0.05) is 91.1 Å². The molecule has 158 valence electrons. The molecule has 0 aliphatic carbocycles. The van der Waals surface area contributed by atoms with Gasteiger partial charge >= 0.3 is 5.97 Å². The molecule has 1 amide bonds. The van der Waals surface area contributed by atoms with Gasteiger partial charge in [-0.05, 0) is 0 Å². The molecule has 2 aromatic carbocycles. The van der Waals surface area contributed by atoms with Crippen LogP contribution in [-0.2, 0) is 9.59 Å². The van der Waals surface area contributed by atoms with Gasteiger partial charge in [0.15, 0.2) is 0 Å². The summed E-state index contributed by atoms with van der Waals surface area (Å²) >= 11 is 5.69.